The van der Waals surface area contributed by atoms with Gasteiger partial charge in [-0.15, -0.1) is 0 Å². The number of nitrogens with zero attached hydrogens (tertiary/aromatic N) is 3. The number of hydrogen-bond donors (Lipinski definition) is 0. The van der Waals surface area contributed by atoms with Gasteiger partial charge in [0, 0.05) is 24.3 Å². The quantitative estimate of drug-likeness (QED) is 0.00938. The standard InChI is InChI=1S/C66H79N3O14S/c1-4-7-8-15-40-69(66-68-57-20-13-14-21-59(57)84-66)67-46-51-45-56(82-64(74)49-24-22-47(23-25-49)62(72)80-54-34-30-52(31-35-54)76-41-16-9-11-18-43-78-60(70)5-2)38-39-58(51)83-65(75)50-28-26-48(27-29-50)63(73)81-55-36-32-53(33-37-55)77-42-17-10-12-19-44-79-61(71)6-3/h5-6,13-14,20-21,30-39,45-50H,2-4,7-12,15-19,22-29,40-44H2,1H3. The van der Waals surface area contributed by atoms with Crippen LogP contribution in [0.5, 0.6) is 34.5 Å². The van der Waals surface area contributed by atoms with Crippen LogP contribution in [0.4, 0.5) is 5.13 Å². The van der Waals surface area contributed by atoms with Crippen molar-refractivity contribution in [3.05, 3.63) is 122 Å². The number of rotatable bonds is 34. The molecule has 0 radical (unpaired) electrons. The Balaban J connectivity index is 0.911. The van der Waals surface area contributed by atoms with Crippen LogP contribution in [0, 0.1) is 23.7 Å². The highest BCUT2D eigenvalue weighted by Gasteiger charge is 2.34. The van der Waals surface area contributed by atoms with Crippen molar-refractivity contribution in [2.45, 2.75) is 135 Å². The van der Waals surface area contributed by atoms with Gasteiger partial charge in [-0.05, 0) is 188 Å². The fourth-order valence-electron chi connectivity index (χ4n) is 9.86. The fraction of sp³-hybridized carbons (Fsp3) is 0.455. The van der Waals surface area contributed by atoms with Crippen LogP contribution in [0.1, 0.15) is 141 Å². The molecule has 0 unspecified atom stereocenters. The van der Waals surface area contributed by atoms with E-state index in [0.29, 0.717) is 113 Å². The maximum Gasteiger partial charge on any atom is 0.330 e. The van der Waals surface area contributed by atoms with Crippen LogP contribution in [-0.2, 0) is 38.2 Å². The number of anilines is 1. The minimum absolute atomic E-state index is 0.242. The topological polar surface area (TPSA) is 205 Å². The summed E-state index contributed by atoms with van der Waals surface area (Å²) >= 11 is 1.54. The summed E-state index contributed by atoms with van der Waals surface area (Å²) in [4.78, 5) is 81.5. The summed E-state index contributed by atoms with van der Waals surface area (Å²) in [6, 6.07) is 26.7. The van der Waals surface area contributed by atoms with Crippen molar-refractivity contribution in [3.63, 3.8) is 0 Å². The average molecular weight is 1170 g/mol. The number of unbranched alkanes of at least 4 members (excludes halogenated alkanes) is 9. The molecule has 1 aromatic heterocycles. The Morgan fingerprint density at radius 3 is 1.43 bits per heavy atom. The maximum absolute atomic E-state index is 14.0. The Bertz CT molecular complexity index is 2930. The smallest absolute Gasteiger partial charge is 0.330 e. The van der Waals surface area contributed by atoms with Crippen molar-refractivity contribution in [2.24, 2.45) is 28.8 Å². The zero-order valence-corrected chi connectivity index (χ0v) is 49.1. The van der Waals surface area contributed by atoms with E-state index in [1.807, 2.05) is 29.3 Å². The first-order chi connectivity index (χ1) is 41.0. The normalized spacial score (nSPS) is 16.7. The minimum atomic E-state index is -0.463. The number of esters is 6. The summed E-state index contributed by atoms with van der Waals surface area (Å²) in [6.07, 6.45) is 18.5. The van der Waals surface area contributed by atoms with Crippen molar-refractivity contribution in [1.82, 2.24) is 4.98 Å². The SMILES string of the molecule is C=CC(=O)OCCCCCCOc1ccc(OC(=O)C2CCC(C(=O)Oc3ccc(OC(=O)C4CCC(C(=O)Oc5ccc(OCCCCCCOC(=O)C=C)cc5)CC4)c(C=NN(CCCCCC)c4nc5ccccc5s4)c3)CC2)cc1. The number of carbonyl (C=O) groups is 6. The van der Waals surface area contributed by atoms with E-state index < -0.39 is 35.7 Å². The fourth-order valence-corrected chi connectivity index (χ4v) is 10.8. The Hall–Kier alpha value is -7.86. The molecule has 18 heteroatoms. The molecular formula is C66H79N3O14S. The van der Waals surface area contributed by atoms with E-state index in [9.17, 15) is 28.8 Å². The van der Waals surface area contributed by atoms with Gasteiger partial charge >= 0.3 is 35.8 Å². The molecule has 2 fully saturated rings. The van der Waals surface area contributed by atoms with Gasteiger partial charge in [0.05, 0.1) is 66.5 Å². The lowest BCUT2D eigenvalue weighted by Gasteiger charge is -2.26. The number of ether oxygens (including phenoxy) is 8. The van der Waals surface area contributed by atoms with Gasteiger partial charge in [-0.1, -0.05) is 62.8 Å². The predicted molar refractivity (Wildman–Crippen MR) is 322 cm³/mol. The molecule has 0 amide bonds. The monoisotopic (exact) mass is 1170 g/mol. The van der Waals surface area contributed by atoms with E-state index in [1.54, 1.807) is 72.9 Å². The van der Waals surface area contributed by atoms with Crippen molar-refractivity contribution in [2.75, 3.05) is 38.0 Å². The Morgan fingerprint density at radius 2 is 0.952 bits per heavy atom. The molecule has 0 N–H and O–H groups in total. The second kappa shape index (κ2) is 34.7. The summed E-state index contributed by atoms with van der Waals surface area (Å²) in [7, 11) is 0. The van der Waals surface area contributed by atoms with E-state index in [0.717, 1.165) is 105 Å². The minimum Gasteiger partial charge on any atom is -0.494 e. The Labute approximate surface area is 496 Å². The molecule has 448 valence electrons. The zero-order chi connectivity index (χ0) is 59.3. The summed E-state index contributed by atoms with van der Waals surface area (Å²) < 4.78 is 46.4. The van der Waals surface area contributed by atoms with Crippen molar-refractivity contribution < 1.29 is 66.7 Å². The third-order valence-corrected chi connectivity index (χ3v) is 15.8. The van der Waals surface area contributed by atoms with Crippen LogP contribution in [0.25, 0.3) is 10.2 Å². The average Bonchev–Trinajstić information content (AvgIpc) is 4.13. The van der Waals surface area contributed by atoms with Gasteiger partial charge in [0.2, 0.25) is 5.13 Å². The van der Waals surface area contributed by atoms with Crippen LogP contribution in [0.15, 0.2) is 121 Å². The Kier molecular flexibility index (Phi) is 26.3. The number of para-hydroxylation sites is 1. The van der Waals surface area contributed by atoms with Crippen molar-refractivity contribution >= 4 is 68.7 Å². The van der Waals surface area contributed by atoms with Gasteiger partial charge < -0.3 is 37.9 Å². The van der Waals surface area contributed by atoms with Gasteiger partial charge in [0.25, 0.3) is 0 Å². The number of hydrogen-bond acceptors (Lipinski definition) is 18. The van der Waals surface area contributed by atoms with Crippen molar-refractivity contribution in [1.29, 1.82) is 0 Å². The first-order valence-corrected chi connectivity index (χ1v) is 30.5. The molecule has 0 aliphatic heterocycles. The van der Waals surface area contributed by atoms with E-state index in [4.69, 9.17) is 48.0 Å². The number of benzene rings is 4. The highest BCUT2D eigenvalue weighted by atomic mass is 32.1. The first-order valence-electron chi connectivity index (χ1n) is 29.7. The van der Waals surface area contributed by atoms with Crippen molar-refractivity contribution in [3.8, 4) is 34.5 Å². The van der Waals surface area contributed by atoms with Crippen LogP contribution in [0.3, 0.4) is 0 Å². The van der Waals surface area contributed by atoms with Crippen LogP contribution in [0.2, 0.25) is 0 Å². The van der Waals surface area contributed by atoms with E-state index in [-0.39, 0.29) is 35.3 Å². The molecule has 2 aliphatic carbocycles. The highest BCUT2D eigenvalue weighted by molar-refractivity contribution is 7.22. The molecule has 0 spiro atoms. The van der Waals surface area contributed by atoms with Gasteiger partial charge in [-0.25, -0.2) is 19.6 Å². The molecule has 0 atom stereocenters. The number of carbonyl (C=O) groups excluding carboxylic acids is 6. The zero-order valence-electron chi connectivity index (χ0n) is 48.3. The largest absolute Gasteiger partial charge is 0.494 e. The van der Waals surface area contributed by atoms with Crippen LogP contribution in [-0.4, -0.2) is 80.0 Å². The molecule has 5 aromatic rings. The third kappa shape index (κ3) is 21.1. The molecule has 1 heterocycles. The Morgan fingerprint density at radius 1 is 0.524 bits per heavy atom. The molecule has 7 rings (SSSR count). The molecule has 17 nitrogen and oxygen atoms in total. The molecule has 84 heavy (non-hydrogen) atoms. The maximum atomic E-state index is 14.0. The number of aromatic nitrogens is 1. The van der Waals surface area contributed by atoms with E-state index >= 15 is 0 Å². The lowest BCUT2D eigenvalue weighted by Crippen LogP contribution is -2.30. The van der Waals surface area contributed by atoms with Crippen LogP contribution >= 0.6 is 11.3 Å². The molecule has 4 aromatic carbocycles. The van der Waals surface area contributed by atoms with Gasteiger partial charge in [-0.3, -0.25) is 19.2 Å². The predicted octanol–water partition coefficient (Wildman–Crippen LogP) is 13.7. The molecule has 2 aliphatic rings. The second-order valence-electron chi connectivity index (χ2n) is 21.1. The molecule has 0 bridgehead atoms. The summed E-state index contributed by atoms with van der Waals surface area (Å²) in [5.41, 5.74) is 1.29. The molecular weight excluding hydrogens is 1090 g/mol. The highest BCUT2D eigenvalue weighted by Crippen LogP contribution is 2.36. The van der Waals surface area contributed by atoms with Gasteiger partial charge in [0.1, 0.15) is 34.5 Å². The number of fused-ring (bicyclic) bond motifs is 1. The number of hydrazone groups is 1. The second-order valence-corrected chi connectivity index (χ2v) is 22.1. The summed E-state index contributed by atoms with van der Waals surface area (Å²) in [6.45, 7) is 11.4. The van der Waals surface area contributed by atoms with E-state index in [1.165, 1.54) is 11.3 Å². The lowest BCUT2D eigenvalue weighted by molar-refractivity contribution is -0.145. The first kappa shape index (κ1) is 63.7. The molecule has 0 saturated heterocycles. The summed E-state index contributed by atoms with van der Waals surface area (Å²) in [5, 5.41) is 7.51. The van der Waals surface area contributed by atoms with Crippen LogP contribution < -0.4 is 33.4 Å². The summed E-state index contributed by atoms with van der Waals surface area (Å²) in [5.74, 6) is -1.40. The third-order valence-electron chi connectivity index (χ3n) is 14.8. The van der Waals surface area contributed by atoms with Gasteiger partial charge in [0.15, 0.2) is 0 Å². The van der Waals surface area contributed by atoms with E-state index in [2.05, 4.69) is 20.1 Å². The van der Waals surface area contributed by atoms with Gasteiger partial charge in [-0.2, -0.15) is 5.10 Å². The number of thiazole rings is 1. The molecule has 2 saturated carbocycles. The lowest BCUT2D eigenvalue weighted by atomic mass is 9.82.